The third-order valence-electron chi connectivity index (χ3n) is 4.80. The van der Waals surface area contributed by atoms with E-state index in [1.807, 2.05) is 30.0 Å². The Morgan fingerprint density at radius 2 is 2.19 bits per heavy atom. The second-order valence-electron chi connectivity index (χ2n) is 6.98. The number of pyridine rings is 1. The number of amides is 1. The van der Waals surface area contributed by atoms with E-state index in [9.17, 15) is 9.18 Å². The Labute approximate surface area is 159 Å². The number of halogens is 1. The van der Waals surface area contributed by atoms with Crippen LogP contribution in [0.2, 0.25) is 0 Å². The molecule has 5 nitrogen and oxygen atoms in total. The van der Waals surface area contributed by atoms with E-state index in [1.165, 1.54) is 12.1 Å². The lowest BCUT2D eigenvalue weighted by Gasteiger charge is -2.33. The predicted molar refractivity (Wildman–Crippen MR) is 104 cm³/mol. The Hall–Kier alpha value is -2.47. The number of likely N-dealkylation sites (tertiary alicyclic amines) is 1. The number of methoxy groups -OCH3 is 1. The summed E-state index contributed by atoms with van der Waals surface area (Å²) < 4.78 is 18.4. The Morgan fingerprint density at radius 1 is 1.33 bits per heavy atom. The van der Waals surface area contributed by atoms with E-state index in [0.717, 1.165) is 36.5 Å². The van der Waals surface area contributed by atoms with Crippen molar-refractivity contribution in [3.8, 4) is 0 Å². The maximum Gasteiger partial charge on any atom is 0.224 e. The Bertz CT molecular complexity index is 797. The normalized spacial score (nSPS) is 17.0. The van der Waals surface area contributed by atoms with Gasteiger partial charge in [0.1, 0.15) is 5.82 Å². The number of nitrogens with zero attached hydrogens (tertiary/aromatic N) is 2. The smallest absolute Gasteiger partial charge is 0.224 e. The molecule has 27 heavy (non-hydrogen) atoms. The van der Waals surface area contributed by atoms with E-state index in [1.54, 1.807) is 13.2 Å². The van der Waals surface area contributed by atoms with Crippen molar-refractivity contribution in [2.45, 2.75) is 32.1 Å². The second-order valence-corrected chi connectivity index (χ2v) is 6.98. The summed E-state index contributed by atoms with van der Waals surface area (Å²) in [6, 6.07) is 10.3. The van der Waals surface area contributed by atoms with Crippen LogP contribution in [0.3, 0.4) is 0 Å². The minimum atomic E-state index is -0.275. The van der Waals surface area contributed by atoms with E-state index in [2.05, 4.69) is 5.32 Å². The fourth-order valence-corrected chi connectivity index (χ4v) is 3.50. The lowest BCUT2D eigenvalue weighted by atomic mass is 9.93. The van der Waals surface area contributed by atoms with Crippen LogP contribution < -0.4 is 5.32 Å². The van der Waals surface area contributed by atoms with Crippen molar-refractivity contribution in [1.29, 1.82) is 0 Å². The first-order chi connectivity index (χ1) is 13.0. The molecule has 144 valence electrons. The van der Waals surface area contributed by atoms with Gasteiger partial charge >= 0.3 is 0 Å². The number of hydrogen-bond donors (Lipinski definition) is 1. The number of anilines is 2. The van der Waals surface area contributed by atoms with Crippen molar-refractivity contribution < 1.29 is 13.9 Å². The highest BCUT2D eigenvalue weighted by Crippen LogP contribution is 2.29. The van der Waals surface area contributed by atoms with Crippen LogP contribution in [0.15, 0.2) is 36.4 Å². The van der Waals surface area contributed by atoms with Gasteiger partial charge in [-0.25, -0.2) is 4.39 Å². The van der Waals surface area contributed by atoms with Crippen molar-refractivity contribution in [1.82, 2.24) is 9.88 Å². The number of carbonyl (C=O) groups is 1. The van der Waals surface area contributed by atoms with Gasteiger partial charge < -0.3 is 15.0 Å². The van der Waals surface area contributed by atoms with Gasteiger partial charge in [-0.1, -0.05) is 6.07 Å². The minimum Gasteiger partial charge on any atom is -0.384 e. The van der Waals surface area contributed by atoms with Crippen LogP contribution in [-0.4, -0.2) is 42.6 Å². The summed E-state index contributed by atoms with van der Waals surface area (Å²) in [7, 11) is 1.61. The molecule has 2 heterocycles. The van der Waals surface area contributed by atoms with Crippen molar-refractivity contribution in [3.05, 3.63) is 53.6 Å². The number of ether oxygens (including phenoxy) is 1. The number of aromatic nitrogens is 1. The van der Waals surface area contributed by atoms with Gasteiger partial charge in [0.15, 0.2) is 0 Å². The third-order valence-corrected chi connectivity index (χ3v) is 4.80. The average Bonchev–Trinajstić information content (AvgIpc) is 2.66. The molecule has 6 heteroatoms. The number of aryl methyl sites for hydroxylation is 1. The summed E-state index contributed by atoms with van der Waals surface area (Å²) in [4.78, 5) is 18.9. The van der Waals surface area contributed by atoms with Crippen LogP contribution >= 0.6 is 0 Å². The van der Waals surface area contributed by atoms with Gasteiger partial charge in [-0.3, -0.25) is 9.78 Å². The SMILES string of the molecule is COCCC(=O)N1CCCC(c2cc(Nc3cccc(F)c3)cc(C)n2)C1. The fraction of sp³-hybridized carbons (Fsp3) is 0.429. The molecule has 1 aromatic heterocycles. The zero-order valence-corrected chi connectivity index (χ0v) is 15.9. The summed E-state index contributed by atoms with van der Waals surface area (Å²) >= 11 is 0. The number of piperidine rings is 1. The van der Waals surface area contributed by atoms with Gasteiger partial charge in [0, 0.05) is 48.9 Å². The van der Waals surface area contributed by atoms with Gasteiger partial charge in [-0.15, -0.1) is 0 Å². The van der Waals surface area contributed by atoms with Crippen LogP contribution in [0.1, 0.15) is 36.6 Å². The molecular formula is C21H26FN3O2. The van der Waals surface area contributed by atoms with Gasteiger partial charge in [0.2, 0.25) is 5.91 Å². The minimum absolute atomic E-state index is 0.132. The summed E-state index contributed by atoms with van der Waals surface area (Å²) in [6.07, 6.45) is 2.38. The van der Waals surface area contributed by atoms with E-state index in [4.69, 9.17) is 9.72 Å². The summed E-state index contributed by atoms with van der Waals surface area (Å²) in [5.41, 5.74) is 3.45. The van der Waals surface area contributed by atoms with Crippen LogP contribution in [0.25, 0.3) is 0 Å². The molecule has 1 atom stereocenters. The van der Waals surface area contributed by atoms with Crippen LogP contribution in [0.5, 0.6) is 0 Å². The highest BCUT2D eigenvalue weighted by atomic mass is 19.1. The molecule has 0 saturated carbocycles. The lowest BCUT2D eigenvalue weighted by molar-refractivity contribution is -0.133. The predicted octanol–water partition coefficient (Wildman–Crippen LogP) is 4.02. The molecule has 1 aromatic carbocycles. The van der Waals surface area contributed by atoms with Crippen molar-refractivity contribution in [3.63, 3.8) is 0 Å². The van der Waals surface area contributed by atoms with Gasteiger partial charge in [0.25, 0.3) is 0 Å². The lowest BCUT2D eigenvalue weighted by Crippen LogP contribution is -2.39. The van der Waals surface area contributed by atoms with Crippen LogP contribution in [0.4, 0.5) is 15.8 Å². The number of nitrogens with one attached hydrogen (secondary N) is 1. The molecule has 1 aliphatic heterocycles. The van der Waals surface area contributed by atoms with E-state index in [0.29, 0.717) is 25.3 Å². The van der Waals surface area contributed by atoms with Crippen molar-refractivity contribution >= 4 is 17.3 Å². The molecule has 1 saturated heterocycles. The molecule has 2 aromatic rings. The zero-order chi connectivity index (χ0) is 19.2. The largest absolute Gasteiger partial charge is 0.384 e. The standard InChI is InChI=1S/C21H26FN3O2/c1-15-11-19(24-18-7-3-6-17(22)12-18)13-20(23-15)16-5-4-9-25(14-16)21(26)8-10-27-2/h3,6-7,11-13,16H,4-5,8-10,14H2,1-2H3,(H,23,24). The first-order valence-corrected chi connectivity index (χ1v) is 9.33. The first kappa shape index (κ1) is 19.3. The second kappa shape index (κ2) is 8.95. The molecule has 0 radical (unpaired) electrons. The quantitative estimate of drug-likeness (QED) is 0.833. The molecule has 0 spiro atoms. The topological polar surface area (TPSA) is 54.5 Å². The van der Waals surface area contributed by atoms with Crippen LogP contribution in [-0.2, 0) is 9.53 Å². The number of hydrogen-bond acceptors (Lipinski definition) is 4. The molecule has 1 N–H and O–H groups in total. The summed E-state index contributed by atoms with van der Waals surface area (Å²) in [6.45, 7) is 3.87. The molecule has 3 rings (SSSR count). The average molecular weight is 371 g/mol. The number of benzene rings is 1. The highest BCUT2D eigenvalue weighted by molar-refractivity contribution is 5.76. The number of carbonyl (C=O) groups excluding carboxylic acids is 1. The van der Waals surface area contributed by atoms with Crippen molar-refractivity contribution in [2.75, 3.05) is 32.1 Å². The van der Waals surface area contributed by atoms with Gasteiger partial charge in [0.05, 0.1) is 13.0 Å². The molecule has 1 fully saturated rings. The zero-order valence-electron chi connectivity index (χ0n) is 15.9. The van der Waals surface area contributed by atoms with E-state index >= 15 is 0 Å². The molecule has 0 bridgehead atoms. The first-order valence-electron chi connectivity index (χ1n) is 9.33. The molecule has 1 unspecified atom stereocenters. The maximum atomic E-state index is 13.4. The number of rotatable bonds is 6. The molecule has 0 aliphatic carbocycles. The van der Waals surface area contributed by atoms with Gasteiger partial charge in [-0.05, 0) is 50.1 Å². The Morgan fingerprint density at radius 3 is 2.96 bits per heavy atom. The molecular weight excluding hydrogens is 345 g/mol. The van der Waals surface area contributed by atoms with Crippen LogP contribution in [0, 0.1) is 12.7 Å². The summed E-state index contributed by atoms with van der Waals surface area (Å²) in [5.74, 6) is 0.0639. The monoisotopic (exact) mass is 371 g/mol. The Balaban J connectivity index is 1.74. The molecule has 1 amide bonds. The van der Waals surface area contributed by atoms with Crippen molar-refractivity contribution in [2.24, 2.45) is 0 Å². The van der Waals surface area contributed by atoms with E-state index < -0.39 is 0 Å². The fourth-order valence-electron chi connectivity index (χ4n) is 3.50. The Kier molecular flexibility index (Phi) is 6.40. The van der Waals surface area contributed by atoms with E-state index in [-0.39, 0.29) is 17.6 Å². The van der Waals surface area contributed by atoms with Gasteiger partial charge in [-0.2, -0.15) is 0 Å². The maximum absolute atomic E-state index is 13.4. The third kappa shape index (κ3) is 5.26. The molecule has 1 aliphatic rings. The summed E-state index contributed by atoms with van der Waals surface area (Å²) in [5, 5.41) is 3.25. The highest BCUT2D eigenvalue weighted by Gasteiger charge is 2.25.